The van der Waals surface area contributed by atoms with E-state index in [1.165, 1.54) is 19.4 Å². The average molecular weight is 374 g/mol. The Labute approximate surface area is 160 Å². The van der Waals surface area contributed by atoms with Crippen LogP contribution in [0, 0.1) is 29.1 Å². The number of fused-ring (bicyclic) bond motifs is 5. The molecule has 4 aliphatic rings. The Morgan fingerprint density at radius 3 is 2.48 bits per heavy atom. The van der Waals surface area contributed by atoms with E-state index in [0.29, 0.717) is 24.2 Å². The second-order valence-electron chi connectivity index (χ2n) is 9.26. The lowest BCUT2D eigenvalue weighted by atomic mass is 9.51. The molecule has 3 saturated carbocycles. The van der Waals surface area contributed by atoms with Gasteiger partial charge in [-0.05, 0) is 62.4 Å². The molecule has 0 radical (unpaired) electrons. The van der Waals surface area contributed by atoms with E-state index < -0.39 is 0 Å². The van der Waals surface area contributed by atoms with Crippen LogP contribution in [0.25, 0.3) is 0 Å². The van der Waals surface area contributed by atoms with Crippen LogP contribution in [-0.4, -0.2) is 29.9 Å². The molecule has 5 nitrogen and oxygen atoms in total. The molecule has 0 amide bonds. The first-order valence-corrected chi connectivity index (χ1v) is 10.4. The number of ketones is 1. The van der Waals surface area contributed by atoms with Crippen molar-refractivity contribution in [2.24, 2.45) is 29.1 Å². The molecule has 7 atom stereocenters. The number of hydrogen-bond acceptors (Lipinski definition) is 5. The van der Waals surface area contributed by atoms with Gasteiger partial charge in [-0.1, -0.05) is 12.5 Å². The summed E-state index contributed by atoms with van der Waals surface area (Å²) < 4.78 is 11.3. The molecule has 148 valence electrons. The smallest absolute Gasteiger partial charge is 0.302 e. The summed E-state index contributed by atoms with van der Waals surface area (Å²) in [6, 6.07) is 0. The summed E-state index contributed by atoms with van der Waals surface area (Å²) in [6.45, 7) is 5.23. The summed E-state index contributed by atoms with van der Waals surface area (Å²) in [5.74, 6) is 1.34. The van der Waals surface area contributed by atoms with Gasteiger partial charge in [0.25, 0.3) is 0 Å². The fraction of sp³-hybridized carbons (Fsp3) is 0.773. The summed E-state index contributed by atoms with van der Waals surface area (Å²) in [6.07, 6.45) is 7.97. The highest BCUT2D eigenvalue weighted by Crippen LogP contribution is 2.62. The third-order valence-corrected chi connectivity index (χ3v) is 7.84. The van der Waals surface area contributed by atoms with Crippen molar-refractivity contribution >= 4 is 17.7 Å². The highest BCUT2D eigenvalue weighted by atomic mass is 16.5. The maximum absolute atomic E-state index is 12.1. The predicted molar refractivity (Wildman–Crippen MR) is 98.6 cm³/mol. The molecule has 0 N–H and O–H groups in total. The Morgan fingerprint density at radius 2 is 1.78 bits per heavy atom. The zero-order chi connectivity index (χ0) is 19.3. The van der Waals surface area contributed by atoms with Crippen molar-refractivity contribution in [1.82, 2.24) is 0 Å². The van der Waals surface area contributed by atoms with E-state index in [-0.39, 0.29) is 41.3 Å². The molecule has 0 bridgehead atoms. The lowest BCUT2D eigenvalue weighted by Crippen LogP contribution is -2.51. The van der Waals surface area contributed by atoms with Crippen molar-refractivity contribution < 1.29 is 23.9 Å². The molecule has 0 aromatic carbocycles. The predicted octanol–water partition coefficient (Wildman–Crippen LogP) is 3.60. The Bertz CT molecular complexity index is 695. The largest absolute Gasteiger partial charge is 0.462 e. The van der Waals surface area contributed by atoms with Crippen molar-refractivity contribution in [3.63, 3.8) is 0 Å². The van der Waals surface area contributed by atoms with Gasteiger partial charge < -0.3 is 9.47 Å². The minimum Gasteiger partial charge on any atom is -0.462 e. The summed E-state index contributed by atoms with van der Waals surface area (Å²) in [7, 11) is 0. The van der Waals surface area contributed by atoms with Crippen LogP contribution in [0.4, 0.5) is 0 Å². The molecular formula is C22H30O5. The first-order chi connectivity index (χ1) is 12.8. The van der Waals surface area contributed by atoms with E-state index in [0.717, 1.165) is 38.5 Å². The first kappa shape index (κ1) is 18.7. The summed E-state index contributed by atoms with van der Waals surface area (Å²) in [5, 5.41) is 0. The van der Waals surface area contributed by atoms with Crippen molar-refractivity contribution in [3.05, 3.63) is 11.6 Å². The standard InChI is InChI=1S/C22H30O5/c1-12(23)26-19-11-15(25)10-14-4-5-16-17(21(14)19)8-9-22(3)18(16)6-7-20(22)27-13(2)24/h10,16-21H,4-9,11H2,1-3H3/t16-,17+,18+,19-,20+,21+,22+/m1/s1. The van der Waals surface area contributed by atoms with E-state index in [2.05, 4.69) is 6.92 Å². The Morgan fingerprint density at radius 1 is 1.04 bits per heavy atom. The van der Waals surface area contributed by atoms with Gasteiger partial charge in [-0.15, -0.1) is 0 Å². The molecular weight excluding hydrogens is 344 g/mol. The van der Waals surface area contributed by atoms with Crippen molar-refractivity contribution in [2.75, 3.05) is 0 Å². The minimum absolute atomic E-state index is 0.0232. The zero-order valence-corrected chi connectivity index (χ0v) is 16.5. The molecule has 0 aromatic rings. The van der Waals surface area contributed by atoms with E-state index in [9.17, 15) is 14.4 Å². The second-order valence-corrected chi connectivity index (χ2v) is 9.26. The zero-order valence-electron chi connectivity index (χ0n) is 16.5. The fourth-order valence-corrected chi connectivity index (χ4v) is 6.90. The van der Waals surface area contributed by atoms with Gasteiger partial charge in [0, 0.05) is 31.6 Å². The monoisotopic (exact) mass is 374 g/mol. The van der Waals surface area contributed by atoms with Crippen LogP contribution >= 0.6 is 0 Å². The molecule has 3 fully saturated rings. The number of ether oxygens (including phenoxy) is 2. The van der Waals surface area contributed by atoms with Crippen LogP contribution in [0.1, 0.15) is 65.7 Å². The Hall–Kier alpha value is -1.65. The van der Waals surface area contributed by atoms with Gasteiger partial charge in [-0.3, -0.25) is 14.4 Å². The van der Waals surface area contributed by atoms with Gasteiger partial charge in [0.1, 0.15) is 12.2 Å². The van der Waals surface area contributed by atoms with Crippen LogP contribution in [0.2, 0.25) is 0 Å². The normalized spacial score (nSPS) is 43.1. The number of carbonyl (C=O) groups is 3. The number of esters is 2. The summed E-state index contributed by atoms with van der Waals surface area (Å²) in [5.41, 5.74) is 1.24. The molecule has 0 aliphatic heterocycles. The summed E-state index contributed by atoms with van der Waals surface area (Å²) >= 11 is 0. The van der Waals surface area contributed by atoms with Gasteiger partial charge >= 0.3 is 11.9 Å². The molecule has 0 spiro atoms. The Balaban J connectivity index is 1.60. The van der Waals surface area contributed by atoms with E-state index in [4.69, 9.17) is 9.47 Å². The molecule has 4 rings (SSSR count). The third kappa shape index (κ3) is 3.13. The SMILES string of the molecule is CC(=O)O[C@H]1CC[C@H]2[C@@H]3CCC4=CC(=O)C[C@@H](OC(C)=O)[C@@H]4[C@H]3CC[C@]12C. The van der Waals surface area contributed by atoms with Crippen LogP contribution in [0.3, 0.4) is 0 Å². The molecule has 27 heavy (non-hydrogen) atoms. The maximum Gasteiger partial charge on any atom is 0.302 e. The molecule has 0 saturated heterocycles. The lowest BCUT2D eigenvalue weighted by molar-refractivity contribution is -0.159. The van der Waals surface area contributed by atoms with E-state index >= 15 is 0 Å². The fourth-order valence-electron chi connectivity index (χ4n) is 6.90. The van der Waals surface area contributed by atoms with Gasteiger partial charge in [-0.25, -0.2) is 0 Å². The van der Waals surface area contributed by atoms with E-state index in [1.807, 2.05) is 6.08 Å². The van der Waals surface area contributed by atoms with Gasteiger partial charge in [0.05, 0.1) is 0 Å². The molecule has 0 unspecified atom stereocenters. The topological polar surface area (TPSA) is 69.7 Å². The van der Waals surface area contributed by atoms with Crippen LogP contribution < -0.4 is 0 Å². The summed E-state index contributed by atoms with van der Waals surface area (Å²) in [4.78, 5) is 35.3. The minimum atomic E-state index is -0.308. The maximum atomic E-state index is 12.1. The highest BCUT2D eigenvalue weighted by molar-refractivity contribution is 5.92. The highest BCUT2D eigenvalue weighted by Gasteiger charge is 2.58. The van der Waals surface area contributed by atoms with Crippen LogP contribution in [0.15, 0.2) is 11.6 Å². The van der Waals surface area contributed by atoms with Crippen molar-refractivity contribution in [2.45, 2.75) is 77.9 Å². The van der Waals surface area contributed by atoms with Gasteiger partial charge in [-0.2, -0.15) is 0 Å². The number of carbonyl (C=O) groups excluding carboxylic acids is 3. The number of hydrogen-bond donors (Lipinski definition) is 0. The quantitative estimate of drug-likeness (QED) is 0.691. The average Bonchev–Trinajstić information content (AvgIpc) is 2.89. The van der Waals surface area contributed by atoms with Gasteiger partial charge in [0.2, 0.25) is 0 Å². The molecule has 4 aliphatic carbocycles. The second kappa shape index (κ2) is 6.75. The van der Waals surface area contributed by atoms with Crippen LogP contribution in [0.5, 0.6) is 0 Å². The van der Waals surface area contributed by atoms with Crippen molar-refractivity contribution in [3.8, 4) is 0 Å². The van der Waals surface area contributed by atoms with Gasteiger partial charge in [0.15, 0.2) is 5.78 Å². The van der Waals surface area contributed by atoms with Crippen LogP contribution in [-0.2, 0) is 23.9 Å². The first-order valence-electron chi connectivity index (χ1n) is 10.4. The van der Waals surface area contributed by atoms with E-state index in [1.54, 1.807) is 0 Å². The third-order valence-electron chi connectivity index (χ3n) is 7.84. The molecule has 0 aromatic heterocycles. The lowest BCUT2D eigenvalue weighted by Gasteiger charge is -2.54. The Kier molecular flexibility index (Phi) is 4.68. The molecule has 0 heterocycles. The molecule has 5 heteroatoms. The number of rotatable bonds is 2. The van der Waals surface area contributed by atoms with Crippen molar-refractivity contribution in [1.29, 1.82) is 0 Å².